The zero-order chi connectivity index (χ0) is 19.9. The van der Waals surface area contributed by atoms with Gasteiger partial charge in [-0.3, -0.25) is 9.59 Å². The Bertz CT molecular complexity index is 721. The molecule has 28 heavy (non-hydrogen) atoms. The van der Waals surface area contributed by atoms with Crippen LogP contribution in [0.3, 0.4) is 0 Å². The number of rotatable bonds is 6. The van der Waals surface area contributed by atoms with E-state index in [9.17, 15) is 14.4 Å². The molecule has 2 N–H and O–H groups in total. The van der Waals surface area contributed by atoms with Gasteiger partial charge in [-0.15, -0.1) is 0 Å². The summed E-state index contributed by atoms with van der Waals surface area (Å²) in [6.45, 7) is 2.97. The largest absolute Gasteiger partial charge is 0.481 e. The van der Waals surface area contributed by atoms with Gasteiger partial charge >= 0.3 is 12.0 Å². The minimum atomic E-state index is -0.786. The van der Waals surface area contributed by atoms with E-state index in [1.165, 1.54) is 11.1 Å². The molecule has 3 rings (SSSR count). The zero-order valence-electron chi connectivity index (χ0n) is 16.2. The van der Waals surface area contributed by atoms with E-state index >= 15 is 0 Å². The third kappa shape index (κ3) is 5.47. The summed E-state index contributed by atoms with van der Waals surface area (Å²) in [7, 11) is 0. The van der Waals surface area contributed by atoms with E-state index < -0.39 is 5.97 Å². The summed E-state index contributed by atoms with van der Waals surface area (Å²) < 4.78 is 0. The lowest BCUT2D eigenvalue weighted by Crippen LogP contribution is -2.45. The predicted molar refractivity (Wildman–Crippen MR) is 105 cm³/mol. The Balaban J connectivity index is 1.39. The normalized spacial score (nSPS) is 19.1. The quantitative estimate of drug-likeness (QED) is 0.783. The smallest absolute Gasteiger partial charge is 0.317 e. The van der Waals surface area contributed by atoms with E-state index in [0.29, 0.717) is 32.6 Å². The van der Waals surface area contributed by atoms with Crippen LogP contribution in [0.4, 0.5) is 4.79 Å². The minimum absolute atomic E-state index is 0.0318. The molecule has 0 aromatic heterocycles. The average molecular weight is 387 g/mol. The molecule has 7 heteroatoms. The first-order valence-corrected chi connectivity index (χ1v) is 10.1. The van der Waals surface area contributed by atoms with Crippen molar-refractivity contribution in [3.05, 3.63) is 35.4 Å². The first-order chi connectivity index (χ1) is 13.5. The van der Waals surface area contributed by atoms with Gasteiger partial charge in [0.25, 0.3) is 0 Å². The Morgan fingerprint density at radius 2 is 1.86 bits per heavy atom. The topological polar surface area (TPSA) is 90.0 Å². The number of carbonyl (C=O) groups is 3. The molecule has 2 heterocycles. The highest BCUT2D eigenvalue weighted by Crippen LogP contribution is 2.21. The van der Waals surface area contributed by atoms with Crippen LogP contribution in [0.2, 0.25) is 0 Å². The fraction of sp³-hybridized carbons (Fsp3) is 0.571. The van der Waals surface area contributed by atoms with E-state index in [-0.39, 0.29) is 30.7 Å². The molecular weight excluding hydrogens is 358 g/mol. The highest BCUT2D eigenvalue weighted by molar-refractivity contribution is 5.78. The molecule has 1 aromatic rings. The number of nitrogens with one attached hydrogen (secondary N) is 1. The van der Waals surface area contributed by atoms with Gasteiger partial charge in [0.05, 0.1) is 0 Å². The number of likely N-dealkylation sites (tertiary alicyclic amines) is 1. The van der Waals surface area contributed by atoms with Gasteiger partial charge in [-0.1, -0.05) is 24.3 Å². The number of hydrogen-bond acceptors (Lipinski definition) is 3. The van der Waals surface area contributed by atoms with Crippen molar-refractivity contribution in [3.63, 3.8) is 0 Å². The van der Waals surface area contributed by atoms with Crippen molar-refractivity contribution in [3.8, 4) is 0 Å². The molecule has 1 saturated heterocycles. The van der Waals surface area contributed by atoms with Gasteiger partial charge in [0.1, 0.15) is 0 Å². The standard InChI is InChI=1S/C21H29N3O4/c25-19(23-12-3-4-16(14-23)7-8-20(26)27)9-11-22-21(28)24-13-10-17-5-1-2-6-18(17)15-24/h1-2,5-6,16H,3-4,7-15H2,(H,22,28)(H,26,27). The molecular formula is C21H29N3O4. The second kappa shape index (κ2) is 9.57. The lowest BCUT2D eigenvalue weighted by atomic mass is 9.93. The summed E-state index contributed by atoms with van der Waals surface area (Å²) in [6.07, 6.45) is 3.80. The number of urea groups is 1. The molecule has 1 atom stereocenters. The van der Waals surface area contributed by atoms with Crippen molar-refractivity contribution in [2.75, 3.05) is 26.2 Å². The van der Waals surface area contributed by atoms with Crippen LogP contribution in [0.15, 0.2) is 24.3 Å². The molecule has 1 aromatic carbocycles. The van der Waals surface area contributed by atoms with E-state index in [1.807, 2.05) is 17.0 Å². The van der Waals surface area contributed by atoms with Gasteiger partial charge in [0.2, 0.25) is 5.91 Å². The maximum atomic E-state index is 12.4. The summed E-state index contributed by atoms with van der Waals surface area (Å²) in [5.74, 6) is -0.493. The minimum Gasteiger partial charge on any atom is -0.481 e. The van der Waals surface area contributed by atoms with Gasteiger partial charge < -0.3 is 20.2 Å². The second-order valence-electron chi connectivity index (χ2n) is 7.70. The molecule has 2 aliphatic rings. The third-order valence-corrected chi connectivity index (χ3v) is 5.67. The van der Waals surface area contributed by atoms with Gasteiger partial charge in [-0.25, -0.2) is 4.79 Å². The fourth-order valence-electron chi connectivity index (χ4n) is 4.07. The SMILES string of the molecule is O=C(O)CCC1CCCN(C(=O)CCNC(=O)N2CCc3ccccc3C2)C1. The zero-order valence-corrected chi connectivity index (χ0v) is 16.2. The highest BCUT2D eigenvalue weighted by atomic mass is 16.4. The fourth-order valence-corrected chi connectivity index (χ4v) is 4.07. The van der Waals surface area contributed by atoms with E-state index in [1.54, 1.807) is 4.90 Å². The number of carboxylic acids is 1. The van der Waals surface area contributed by atoms with Crippen LogP contribution < -0.4 is 5.32 Å². The molecule has 7 nitrogen and oxygen atoms in total. The maximum Gasteiger partial charge on any atom is 0.317 e. The second-order valence-corrected chi connectivity index (χ2v) is 7.70. The van der Waals surface area contributed by atoms with Crippen molar-refractivity contribution in [1.29, 1.82) is 0 Å². The Morgan fingerprint density at radius 3 is 2.64 bits per heavy atom. The number of amides is 3. The van der Waals surface area contributed by atoms with Gasteiger partial charge in [-0.2, -0.15) is 0 Å². The van der Waals surface area contributed by atoms with Crippen molar-refractivity contribution in [2.45, 2.75) is 45.1 Å². The lowest BCUT2D eigenvalue weighted by Gasteiger charge is -2.33. The lowest BCUT2D eigenvalue weighted by molar-refractivity contribution is -0.137. The van der Waals surface area contributed by atoms with Crippen LogP contribution in [0, 0.1) is 5.92 Å². The molecule has 0 aliphatic carbocycles. The highest BCUT2D eigenvalue weighted by Gasteiger charge is 2.24. The number of nitrogens with zero attached hydrogens (tertiary/aromatic N) is 2. The molecule has 0 bridgehead atoms. The Kier molecular flexibility index (Phi) is 6.90. The average Bonchev–Trinajstić information content (AvgIpc) is 2.72. The van der Waals surface area contributed by atoms with Crippen LogP contribution in [-0.2, 0) is 22.6 Å². The van der Waals surface area contributed by atoms with Crippen LogP contribution in [-0.4, -0.2) is 59.0 Å². The van der Waals surface area contributed by atoms with Crippen LogP contribution >= 0.6 is 0 Å². The van der Waals surface area contributed by atoms with Crippen LogP contribution in [0.1, 0.15) is 43.2 Å². The monoisotopic (exact) mass is 387 g/mol. The summed E-state index contributed by atoms with van der Waals surface area (Å²) in [4.78, 5) is 39.2. The van der Waals surface area contributed by atoms with Crippen LogP contribution in [0.5, 0.6) is 0 Å². The van der Waals surface area contributed by atoms with Crippen molar-refractivity contribution < 1.29 is 19.5 Å². The summed E-state index contributed by atoms with van der Waals surface area (Å²) in [6, 6.07) is 8.04. The van der Waals surface area contributed by atoms with Gasteiger partial charge in [-0.05, 0) is 42.7 Å². The molecule has 0 spiro atoms. The molecule has 3 amide bonds. The number of aliphatic carboxylic acids is 1. The predicted octanol–water partition coefficient (Wildman–Crippen LogP) is 2.25. The number of fused-ring (bicyclic) bond motifs is 1. The number of piperidine rings is 1. The van der Waals surface area contributed by atoms with Gasteiger partial charge in [0.15, 0.2) is 0 Å². The number of carbonyl (C=O) groups excluding carboxylic acids is 2. The van der Waals surface area contributed by atoms with E-state index in [4.69, 9.17) is 5.11 Å². The van der Waals surface area contributed by atoms with E-state index in [0.717, 1.165) is 25.8 Å². The summed E-state index contributed by atoms with van der Waals surface area (Å²) >= 11 is 0. The molecule has 0 radical (unpaired) electrons. The van der Waals surface area contributed by atoms with Crippen molar-refractivity contribution >= 4 is 17.9 Å². The summed E-state index contributed by atoms with van der Waals surface area (Å²) in [5, 5.41) is 11.7. The Morgan fingerprint density at radius 1 is 1.07 bits per heavy atom. The third-order valence-electron chi connectivity index (χ3n) is 5.67. The molecule has 2 aliphatic heterocycles. The number of hydrogen-bond donors (Lipinski definition) is 2. The maximum absolute atomic E-state index is 12.4. The van der Waals surface area contributed by atoms with E-state index in [2.05, 4.69) is 17.4 Å². The molecule has 1 unspecified atom stereocenters. The summed E-state index contributed by atoms with van der Waals surface area (Å²) in [5.41, 5.74) is 2.48. The number of carboxylic acid groups (broad SMARTS) is 1. The first-order valence-electron chi connectivity index (χ1n) is 10.1. The van der Waals surface area contributed by atoms with Crippen LogP contribution in [0.25, 0.3) is 0 Å². The molecule has 1 fully saturated rings. The van der Waals surface area contributed by atoms with Crippen molar-refractivity contribution in [1.82, 2.24) is 15.1 Å². The number of benzene rings is 1. The molecule has 0 saturated carbocycles. The molecule has 152 valence electrons. The first kappa shape index (κ1) is 20.2. The Hall–Kier alpha value is -2.57. The Labute approximate surface area is 165 Å². The van der Waals surface area contributed by atoms with Crippen molar-refractivity contribution in [2.24, 2.45) is 5.92 Å². The van der Waals surface area contributed by atoms with Gasteiger partial charge in [0, 0.05) is 45.6 Å².